The number of nitrogens with zero attached hydrogens (tertiary/aromatic N) is 3. The maximum absolute atomic E-state index is 11.1. The summed E-state index contributed by atoms with van der Waals surface area (Å²) < 4.78 is 5.36. The average Bonchev–Trinajstić information content (AvgIpc) is 3.05. The van der Waals surface area contributed by atoms with Gasteiger partial charge >= 0.3 is 0 Å². The van der Waals surface area contributed by atoms with Crippen LogP contribution in [0, 0.1) is 6.92 Å². The predicted octanol–water partition coefficient (Wildman–Crippen LogP) is 1.86. The average molecular weight is 346 g/mol. The van der Waals surface area contributed by atoms with Gasteiger partial charge in [0.2, 0.25) is 11.4 Å². The van der Waals surface area contributed by atoms with Gasteiger partial charge in [0.05, 0.1) is 5.56 Å². The van der Waals surface area contributed by atoms with Gasteiger partial charge in [-0.05, 0) is 37.1 Å². The van der Waals surface area contributed by atoms with Crippen LogP contribution < -0.4 is 10.9 Å². The van der Waals surface area contributed by atoms with Crippen LogP contribution in [-0.4, -0.2) is 26.7 Å². The molecule has 0 amide bonds. The zero-order valence-electron chi connectivity index (χ0n) is 13.0. The van der Waals surface area contributed by atoms with Crippen LogP contribution in [0.4, 0.5) is 0 Å². The number of nitrogens with one attached hydrogen (secondary N) is 2. The summed E-state index contributed by atoms with van der Waals surface area (Å²) in [6, 6.07) is 3.09. The normalized spacial score (nSPS) is 13.2. The molecule has 3 aromatic heterocycles. The molecule has 3 aromatic rings. The van der Waals surface area contributed by atoms with Crippen LogP contribution in [0.2, 0.25) is 0 Å². The lowest BCUT2D eigenvalue weighted by atomic mass is 9.95. The summed E-state index contributed by atoms with van der Waals surface area (Å²) in [6.45, 7) is 3.68. The van der Waals surface area contributed by atoms with Crippen LogP contribution in [0.25, 0.3) is 22.8 Å². The molecule has 1 aliphatic rings. The lowest BCUT2D eigenvalue weighted by Crippen LogP contribution is -2.24. The van der Waals surface area contributed by atoms with Crippen molar-refractivity contribution in [3.8, 4) is 22.8 Å². The van der Waals surface area contributed by atoms with Gasteiger partial charge < -0.3 is 14.8 Å². The van der Waals surface area contributed by atoms with E-state index in [4.69, 9.17) is 4.52 Å². The van der Waals surface area contributed by atoms with E-state index in [9.17, 15) is 4.79 Å². The highest BCUT2D eigenvalue weighted by atomic mass is 35.5. The number of pyridine rings is 2. The molecule has 0 saturated carbocycles. The van der Waals surface area contributed by atoms with Crippen molar-refractivity contribution in [1.82, 2.24) is 25.4 Å². The molecule has 2 N–H and O–H groups in total. The first-order valence-corrected chi connectivity index (χ1v) is 7.43. The highest BCUT2D eigenvalue weighted by Crippen LogP contribution is 2.29. The maximum Gasteiger partial charge on any atom is 0.259 e. The summed E-state index contributed by atoms with van der Waals surface area (Å²) in [5.41, 5.74) is 4.75. The van der Waals surface area contributed by atoms with Crippen LogP contribution in [0.1, 0.15) is 16.8 Å². The van der Waals surface area contributed by atoms with E-state index >= 15 is 0 Å². The van der Waals surface area contributed by atoms with E-state index in [1.165, 1.54) is 17.2 Å². The van der Waals surface area contributed by atoms with Crippen LogP contribution in [-0.2, 0) is 13.0 Å². The topological polar surface area (TPSA) is 96.7 Å². The second-order valence-electron chi connectivity index (χ2n) is 5.51. The van der Waals surface area contributed by atoms with Crippen molar-refractivity contribution in [3.05, 3.63) is 51.7 Å². The summed E-state index contributed by atoms with van der Waals surface area (Å²) in [5.74, 6) is 0.914. The molecule has 8 heteroatoms. The Hall–Kier alpha value is -2.51. The zero-order valence-corrected chi connectivity index (χ0v) is 13.8. The summed E-state index contributed by atoms with van der Waals surface area (Å²) in [5, 5.41) is 7.45. The van der Waals surface area contributed by atoms with Gasteiger partial charge in [-0.25, -0.2) is 0 Å². The molecular formula is C16H16ClN5O2. The molecule has 0 aromatic carbocycles. The van der Waals surface area contributed by atoms with E-state index in [-0.39, 0.29) is 18.0 Å². The van der Waals surface area contributed by atoms with Crippen LogP contribution in [0.3, 0.4) is 0 Å². The van der Waals surface area contributed by atoms with Gasteiger partial charge in [-0.3, -0.25) is 9.78 Å². The number of aromatic amines is 1. The van der Waals surface area contributed by atoms with Crippen molar-refractivity contribution < 1.29 is 4.52 Å². The van der Waals surface area contributed by atoms with Gasteiger partial charge in [-0.1, -0.05) is 5.16 Å². The van der Waals surface area contributed by atoms with Crippen molar-refractivity contribution in [2.24, 2.45) is 0 Å². The lowest BCUT2D eigenvalue weighted by Gasteiger charge is -2.19. The highest BCUT2D eigenvalue weighted by molar-refractivity contribution is 5.85. The third kappa shape index (κ3) is 2.83. The number of aryl methyl sites for hydroxylation is 1. The number of H-pyrrole nitrogens is 1. The molecule has 0 saturated heterocycles. The lowest BCUT2D eigenvalue weighted by molar-refractivity contribution is 0.432. The molecule has 0 atom stereocenters. The van der Waals surface area contributed by atoms with Crippen molar-refractivity contribution in [3.63, 3.8) is 0 Å². The third-order valence-electron chi connectivity index (χ3n) is 4.01. The molecule has 0 aliphatic carbocycles. The van der Waals surface area contributed by atoms with Gasteiger partial charge in [-0.2, -0.15) is 4.98 Å². The summed E-state index contributed by atoms with van der Waals surface area (Å²) in [6.07, 6.45) is 4.38. The fourth-order valence-electron chi connectivity index (χ4n) is 2.85. The van der Waals surface area contributed by atoms with Crippen molar-refractivity contribution >= 4 is 12.4 Å². The third-order valence-corrected chi connectivity index (χ3v) is 4.01. The maximum atomic E-state index is 11.1. The number of fused-ring (bicyclic) bond motifs is 1. The minimum Gasteiger partial charge on any atom is -0.334 e. The van der Waals surface area contributed by atoms with Gasteiger partial charge in [0.25, 0.3) is 5.89 Å². The second-order valence-corrected chi connectivity index (χ2v) is 5.51. The minimum atomic E-state index is -0.168. The molecule has 0 radical (unpaired) electrons. The summed E-state index contributed by atoms with van der Waals surface area (Å²) >= 11 is 0. The van der Waals surface area contributed by atoms with E-state index in [1.807, 2.05) is 13.1 Å². The zero-order chi connectivity index (χ0) is 15.8. The van der Waals surface area contributed by atoms with Crippen LogP contribution in [0.5, 0.6) is 0 Å². The minimum absolute atomic E-state index is 0. The summed E-state index contributed by atoms with van der Waals surface area (Å²) in [7, 11) is 0. The van der Waals surface area contributed by atoms with Gasteiger partial charge in [0, 0.05) is 36.3 Å². The standard InChI is InChI=1S/C16H15N5O2.ClH/c1-9-14(12-4-5-17-6-11(12)8-18-9)15-20-16(23-21-15)10-2-3-13(22)19-7-10;/h2-3,7-8,17H,4-6H2,1H3,(H,19,22);1H. The first-order valence-electron chi connectivity index (χ1n) is 7.43. The number of aromatic nitrogens is 4. The molecule has 0 bridgehead atoms. The summed E-state index contributed by atoms with van der Waals surface area (Å²) in [4.78, 5) is 22.7. The smallest absolute Gasteiger partial charge is 0.259 e. The largest absolute Gasteiger partial charge is 0.334 e. The fraction of sp³-hybridized carbons (Fsp3) is 0.250. The predicted molar refractivity (Wildman–Crippen MR) is 91.0 cm³/mol. The Kier molecular flexibility index (Phi) is 4.46. The molecule has 0 unspecified atom stereocenters. The Morgan fingerprint density at radius 2 is 2.17 bits per heavy atom. The first-order chi connectivity index (χ1) is 11.2. The quantitative estimate of drug-likeness (QED) is 0.736. The van der Waals surface area contributed by atoms with E-state index in [1.54, 1.807) is 12.3 Å². The van der Waals surface area contributed by atoms with Crippen molar-refractivity contribution in [2.45, 2.75) is 19.9 Å². The molecular weight excluding hydrogens is 330 g/mol. The Morgan fingerprint density at radius 3 is 2.96 bits per heavy atom. The first kappa shape index (κ1) is 16.4. The van der Waals surface area contributed by atoms with Crippen LogP contribution >= 0.6 is 12.4 Å². The highest BCUT2D eigenvalue weighted by Gasteiger charge is 2.21. The molecule has 4 heterocycles. The molecule has 0 fully saturated rings. The SMILES string of the molecule is Cc1ncc2c(c1-c1noc(-c3ccc(=O)[nH]c3)n1)CCNC2.Cl. The fourth-order valence-corrected chi connectivity index (χ4v) is 2.85. The Labute approximate surface area is 143 Å². The molecule has 7 nitrogen and oxygen atoms in total. The number of halogens is 1. The number of hydrogen-bond acceptors (Lipinski definition) is 6. The molecule has 24 heavy (non-hydrogen) atoms. The Bertz CT molecular complexity index is 914. The molecule has 1 aliphatic heterocycles. The second kappa shape index (κ2) is 6.54. The van der Waals surface area contributed by atoms with E-state index in [2.05, 4.69) is 25.4 Å². The van der Waals surface area contributed by atoms with Gasteiger partial charge in [0.15, 0.2) is 0 Å². The van der Waals surface area contributed by atoms with Crippen LogP contribution in [0.15, 0.2) is 33.8 Å². The monoisotopic (exact) mass is 345 g/mol. The number of rotatable bonds is 2. The molecule has 0 spiro atoms. The van der Waals surface area contributed by atoms with Crippen molar-refractivity contribution in [1.29, 1.82) is 0 Å². The Balaban J connectivity index is 0.00000169. The Morgan fingerprint density at radius 1 is 1.29 bits per heavy atom. The number of hydrogen-bond donors (Lipinski definition) is 2. The van der Waals surface area contributed by atoms with E-state index < -0.39 is 0 Å². The van der Waals surface area contributed by atoms with E-state index in [0.29, 0.717) is 17.3 Å². The molecule has 4 rings (SSSR count). The van der Waals surface area contributed by atoms with Gasteiger partial charge in [0.1, 0.15) is 0 Å². The van der Waals surface area contributed by atoms with Crippen molar-refractivity contribution in [2.75, 3.05) is 6.54 Å². The van der Waals surface area contributed by atoms with Gasteiger partial charge in [-0.15, -0.1) is 12.4 Å². The molecule has 124 valence electrons. The van der Waals surface area contributed by atoms with E-state index in [0.717, 1.165) is 30.8 Å².